The van der Waals surface area contributed by atoms with Crippen LogP contribution in [0.2, 0.25) is 0 Å². The molecule has 1 aromatic heterocycles. The van der Waals surface area contributed by atoms with Crippen LogP contribution in [0.1, 0.15) is 17.1 Å². The molecule has 0 atom stereocenters. The predicted octanol–water partition coefficient (Wildman–Crippen LogP) is 1.19. The van der Waals surface area contributed by atoms with Gasteiger partial charge in [0.15, 0.2) is 0 Å². The van der Waals surface area contributed by atoms with Crippen molar-refractivity contribution < 1.29 is 9.15 Å². The first-order valence-electron chi connectivity index (χ1n) is 3.55. The average molecular weight is 155 g/mol. The molecule has 0 aliphatic heterocycles. The summed E-state index contributed by atoms with van der Waals surface area (Å²) in [5, 5.41) is 0. The van der Waals surface area contributed by atoms with Crippen molar-refractivity contribution in [1.82, 2.24) is 0 Å². The Labute approximate surface area is 66.1 Å². The van der Waals surface area contributed by atoms with Gasteiger partial charge in [0.05, 0.1) is 13.2 Å². The molecular weight excluding hydrogens is 142 g/mol. The van der Waals surface area contributed by atoms with Gasteiger partial charge in [-0.2, -0.15) is 0 Å². The van der Waals surface area contributed by atoms with Crippen molar-refractivity contribution in [3.8, 4) is 0 Å². The molecular formula is C8H13NO2. The average Bonchev–Trinajstić information content (AvgIpc) is 2.33. The third kappa shape index (κ3) is 1.82. The zero-order chi connectivity index (χ0) is 8.27. The van der Waals surface area contributed by atoms with Crippen molar-refractivity contribution in [3.05, 3.63) is 23.2 Å². The molecule has 0 spiro atoms. The maximum absolute atomic E-state index is 5.39. The van der Waals surface area contributed by atoms with Crippen LogP contribution in [0.3, 0.4) is 0 Å². The van der Waals surface area contributed by atoms with Gasteiger partial charge in [-0.15, -0.1) is 0 Å². The van der Waals surface area contributed by atoms with E-state index in [4.69, 9.17) is 14.9 Å². The van der Waals surface area contributed by atoms with E-state index in [-0.39, 0.29) is 0 Å². The minimum Gasteiger partial charge on any atom is -0.465 e. The highest BCUT2D eigenvalue weighted by Gasteiger charge is 2.04. The quantitative estimate of drug-likeness (QED) is 0.713. The summed E-state index contributed by atoms with van der Waals surface area (Å²) >= 11 is 0. The number of nitrogens with two attached hydrogens (primary N) is 1. The topological polar surface area (TPSA) is 48.4 Å². The van der Waals surface area contributed by atoms with E-state index in [2.05, 4.69) is 0 Å². The summed E-state index contributed by atoms with van der Waals surface area (Å²) in [4.78, 5) is 0. The first kappa shape index (κ1) is 8.30. The lowest BCUT2D eigenvalue weighted by Crippen LogP contribution is -1.92. The molecule has 0 radical (unpaired) electrons. The molecule has 0 aliphatic rings. The van der Waals surface area contributed by atoms with Crippen molar-refractivity contribution in [2.45, 2.75) is 20.1 Å². The van der Waals surface area contributed by atoms with Crippen LogP contribution in [0.5, 0.6) is 0 Å². The van der Waals surface area contributed by atoms with Crippen molar-refractivity contribution in [2.24, 2.45) is 5.73 Å². The Morgan fingerprint density at radius 1 is 1.64 bits per heavy atom. The zero-order valence-electron chi connectivity index (χ0n) is 6.89. The third-order valence-electron chi connectivity index (χ3n) is 1.57. The molecule has 0 bridgehead atoms. The molecule has 11 heavy (non-hydrogen) atoms. The van der Waals surface area contributed by atoms with Gasteiger partial charge in [0.25, 0.3) is 0 Å². The number of ether oxygens (including phenoxy) is 1. The third-order valence-corrected chi connectivity index (χ3v) is 1.57. The van der Waals surface area contributed by atoms with E-state index in [0.29, 0.717) is 13.2 Å². The Kier molecular flexibility index (Phi) is 2.68. The van der Waals surface area contributed by atoms with Crippen LogP contribution in [0.25, 0.3) is 0 Å². The zero-order valence-corrected chi connectivity index (χ0v) is 6.89. The smallest absolute Gasteiger partial charge is 0.118 e. The molecule has 0 saturated carbocycles. The number of aryl methyl sites for hydroxylation is 1. The fourth-order valence-electron chi connectivity index (χ4n) is 0.987. The summed E-state index contributed by atoms with van der Waals surface area (Å²) < 4.78 is 10.3. The summed E-state index contributed by atoms with van der Waals surface area (Å²) in [6.45, 7) is 2.95. The summed E-state index contributed by atoms with van der Waals surface area (Å²) in [5.41, 5.74) is 6.47. The molecule has 0 fully saturated rings. The van der Waals surface area contributed by atoms with Gasteiger partial charge in [-0.3, -0.25) is 0 Å². The molecule has 3 heteroatoms. The lowest BCUT2D eigenvalue weighted by Gasteiger charge is -1.93. The highest BCUT2D eigenvalue weighted by molar-refractivity contribution is 5.19. The van der Waals surface area contributed by atoms with E-state index in [0.717, 1.165) is 17.1 Å². The van der Waals surface area contributed by atoms with Gasteiger partial charge in [-0.25, -0.2) is 0 Å². The molecule has 0 amide bonds. The van der Waals surface area contributed by atoms with Crippen molar-refractivity contribution in [2.75, 3.05) is 7.11 Å². The summed E-state index contributed by atoms with van der Waals surface area (Å²) in [6, 6.07) is 1.93. The monoisotopic (exact) mass is 155 g/mol. The van der Waals surface area contributed by atoms with Crippen LogP contribution in [0, 0.1) is 6.92 Å². The van der Waals surface area contributed by atoms with Gasteiger partial charge in [0.2, 0.25) is 0 Å². The largest absolute Gasteiger partial charge is 0.465 e. The van der Waals surface area contributed by atoms with E-state index < -0.39 is 0 Å². The van der Waals surface area contributed by atoms with Crippen molar-refractivity contribution in [1.29, 1.82) is 0 Å². The molecule has 1 heterocycles. The highest BCUT2D eigenvalue weighted by atomic mass is 16.5. The Morgan fingerprint density at radius 2 is 2.36 bits per heavy atom. The SMILES string of the molecule is COCc1cc(CN)oc1C. The van der Waals surface area contributed by atoms with Gasteiger partial charge in [0.1, 0.15) is 11.5 Å². The minimum atomic E-state index is 0.449. The van der Waals surface area contributed by atoms with E-state index >= 15 is 0 Å². The maximum Gasteiger partial charge on any atom is 0.118 e. The van der Waals surface area contributed by atoms with Crippen LogP contribution in [-0.4, -0.2) is 7.11 Å². The molecule has 0 unspecified atom stereocenters. The number of furan rings is 1. The second kappa shape index (κ2) is 3.55. The molecule has 3 nitrogen and oxygen atoms in total. The Hall–Kier alpha value is -0.800. The first-order valence-corrected chi connectivity index (χ1v) is 3.55. The standard InChI is InChI=1S/C8H13NO2/c1-6-7(5-10-2)3-8(4-9)11-6/h3H,4-5,9H2,1-2H3. The highest BCUT2D eigenvalue weighted by Crippen LogP contribution is 2.14. The van der Waals surface area contributed by atoms with Gasteiger partial charge in [-0.05, 0) is 13.0 Å². The molecule has 2 N–H and O–H groups in total. The molecule has 1 rings (SSSR count). The van der Waals surface area contributed by atoms with E-state index in [9.17, 15) is 0 Å². The van der Waals surface area contributed by atoms with Crippen LogP contribution < -0.4 is 5.73 Å². The molecule has 0 aliphatic carbocycles. The predicted molar refractivity (Wildman–Crippen MR) is 42.0 cm³/mol. The number of methoxy groups -OCH3 is 1. The Morgan fingerprint density at radius 3 is 2.82 bits per heavy atom. The summed E-state index contributed by atoms with van der Waals surface area (Å²) in [7, 11) is 1.66. The summed E-state index contributed by atoms with van der Waals surface area (Å²) in [5.74, 6) is 1.71. The number of hydrogen-bond acceptors (Lipinski definition) is 3. The molecule has 1 aromatic rings. The number of rotatable bonds is 3. The normalized spacial score (nSPS) is 10.5. The Balaban J connectivity index is 2.79. The minimum absolute atomic E-state index is 0.449. The first-order chi connectivity index (χ1) is 5.27. The molecule has 0 saturated heterocycles. The second-order valence-electron chi connectivity index (χ2n) is 2.43. The van der Waals surface area contributed by atoms with E-state index in [1.807, 2.05) is 13.0 Å². The maximum atomic E-state index is 5.39. The molecule has 62 valence electrons. The van der Waals surface area contributed by atoms with Crippen LogP contribution in [-0.2, 0) is 17.9 Å². The van der Waals surface area contributed by atoms with Gasteiger partial charge < -0.3 is 14.9 Å². The van der Waals surface area contributed by atoms with E-state index in [1.54, 1.807) is 7.11 Å². The lowest BCUT2D eigenvalue weighted by molar-refractivity contribution is 0.183. The van der Waals surface area contributed by atoms with Crippen molar-refractivity contribution in [3.63, 3.8) is 0 Å². The fraction of sp³-hybridized carbons (Fsp3) is 0.500. The molecule has 0 aromatic carbocycles. The van der Waals surface area contributed by atoms with E-state index in [1.165, 1.54) is 0 Å². The van der Waals surface area contributed by atoms with Gasteiger partial charge in [0, 0.05) is 12.7 Å². The summed E-state index contributed by atoms with van der Waals surface area (Å²) in [6.07, 6.45) is 0. The van der Waals surface area contributed by atoms with Crippen molar-refractivity contribution >= 4 is 0 Å². The van der Waals surface area contributed by atoms with Crippen LogP contribution >= 0.6 is 0 Å². The fourth-order valence-corrected chi connectivity index (χ4v) is 0.987. The second-order valence-corrected chi connectivity index (χ2v) is 2.43. The van der Waals surface area contributed by atoms with Crippen LogP contribution in [0.15, 0.2) is 10.5 Å². The Bertz CT molecular complexity index is 230. The lowest BCUT2D eigenvalue weighted by atomic mass is 10.2. The van der Waals surface area contributed by atoms with Crippen LogP contribution in [0.4, 0.5) is 0 Å². The van der Waals surface area contributed by atoms with Gasteiger partial charge >= 0.3 is 0 Å². The van der Waals surface area contributed by atoms with Gasteiger partial charge in [-0.1, -0.05) is 0 Å². The number of hydrogen-bond donors (Lipinski definition) is 1.